The summed E-state index contributed by atoms with van der Waals surface area (Å²) >= 11 is 0. The Morgan fingerprint density at radius 1 is 1.00 bits per heavy atom. The molecular formula is C10H18F3NO5S2. The van der Waals surface area contributed by atoms with Gasteiger partial charge in [0.25, 0.3) is 0 Å². The average molecular weight is 353 g/mol. The fraction of sp³-hybridized carbons (Fsp3) is 1.00. The first-order valence-electron chi connectivity index (χ1n) is 6.03. The van der Waals surface area contributed by atoms with Crippen LogP contribution in [-0.2, 0) is 24.5 Å². The molecule has 0 spiro atoms. The monoisotopic (exact) mass is 353 g/mol. The lowest BCUT2D eigenvalue weighted by molar-refractivity contribution is -0.0443. The van der Waals surface area contributed by atoms with Gasteiger partial charge in [0, 0.05) is 0 Å². The van der Waals surface area contributed by atoms with Crippen molar-refractivity contribution in [3.05, 3.63) is 0 Å². The number of halogens is 3. The minimum Gasteiger partial charge on any atom is -0.253 e. The van der Waals surface area contributed by atoms with Gasteiger partial charge in [0.2, 0.25) is 0 Å². The molecule has 6 nitrogen and oxygen atoms in total. The average Bonchev–Trinajstić information content (AvgIpc) is 2.38. The number of hydrogen-bond acceptors (Lipinski definition) is 5. The lowest BCUT2D eigenvalue weighted by atomic mass is 9.81. The van der Waals surface area contributed by atoms with E-state index in [1.165, 1.54) is 0 Å². The van der Waals surface area contributed by atoms with E-state index >= 15 is 0 Å². The van der Waals surface area contributed by atoms with Crippen molar-refractivity contribution in [3.63, 3.8) is 0 Å². The maximum Gasteiger partial charge on any atom is 0.512 e. The first-order valence-corrected chi connectivity index (χ1v) is 8.92. The molecular weight excluding hydrogens is 335 g/mol. The van der Waals surface area contributed by atoms with E-state index in [2.05, 4.69) is 0 Å². The Balaban J connectivity index is 3.02. The van der Waals surface area contributed by atoms with Crippen LogP contribution >= 0.6 is 0 Å². The van der Waals surface area contributed by atoms with Gasteiger partial charge in [0.1, 0.15) is 0 Å². The third-order valence-corrected chi connectivity index (χ3v) is 6.32. The zero-order valence-electron chi connectivity index (χ0n) is 12.0. The molecule has 0 atom stereocenters. The van der Waals surface area contributed by atoms with Crippen LogP contribution in [0.15, 0.2) is 0 Å². The number of rotatable bonds is 4. The summed E-state index contributed by atoms with van der Waals surface area (Å²) in [5.74, 6) is 0. The highest BCUT2D eigenvalue weighted by Gasteiger charge is 2.53. The molecule has 1 saturated carbocycles. The fourth-order valence-corrected chi connectivity index (χ4v) is 4.94. The molecule has 1 fully saturated rings. The summed E-state index contributed by atoms with van der Waals surface area (Å²) in [6.45, 7) is 6.83. The summed E-state index contributed by atoms with van der Waals surface area (Å²) in [4.78, 5) is 0. The summed E-state index contributed by atoms with van der Waals surface area (Å²) in [6, 6.07) is 0. The standard InChI is InChI=1S/C10H18F3NO5S2/c1-8(2)5-6-9(3,4)7(8)19-21(17,18)14-20(15,16)10(11,12)13/h7,14H,5-6H2,1-4H3. The van der Waals surface area contributed by atoms with Gasteiger partial charge in [0.15, 0.2) is 0 Å². The van der Waals surface area contributed by atoms with Gasteiger partial charge >= 0.3 is 25.8 Å². The Bertz CT molecular complexity index is 591. The Morgan fingerprint density at radius 3 is 1.71 bits per heavy atom. The van der Waals surface area contributed by atoms with E-state index in [0.29, 0.717) is 17.0 Å². The molecule has 0 unspecified atom stereocenters. The molecule has 0 saturated heterocycles. The molecule has 0 aromatic carbocycles. The van der Waals surface area contributed by atoms with Gasteiger partial charge in [-0.3, -0.25) is 4.18 Å². The number of sulfonamides is 1. The van der Waals surface area contributed by atoms with E-state index in [9.17, 15) is 30.0 Å². The number of nitrogens with one attached hydrogen (secondary N) is 1. The van der Waals surface area contributed by atoms with E-state index in [1.807, 2.05) is 0 Å². The summed E-state index contributed by atoms with van der Waals surface area (Å²) < 4.78 is 86.9. The Kier molecular flexibility index (Phi) is 4.50. The van der Waals surface area contributed by atoms with Crippen LogP contribution < -0.4 is 4.13 Å². The van der Waals surface area contributed by atoms with Gasteiger partial charge in [-0.15, -0.1) is 0 Å². The van der Waals surface area contributed by atoms with Crippen molar-refractivity contribution in [2.75, 3.05) is 0 Å². The molecule has 0 aromatic rings. The van der Waals surface area contributed by atoms with Crippen LogP contribution in [0.4, 0.5) is 13.2 Å². The maximum atomic E-state index is 12.2. The molecule has 0 aromatic heterocycles. The molecule has 0 radical (unpaired) electrons. The maximum absolute atomic E-state index is 12.2. The van der Waals surface area contributed by atoms with E-state index < -0.39 is 42.8 Å². The van der Waals surface area contributed by atoms with Crippen LogP contribution in [-0.4, -0.2) is 28.4 Å². The highest BCUT2D eigenvalue weighted by molar-refractivity contribution is 8.03. The highest BCUT2D eigenvalue weighted by atomic mass is 32.3. The van der Waals surface area contributed by atoms with Crippen molar-refractivity contribution in [2.45, 2.75) is 52.1 Å². The molecule has 0 bridgehead atoms. The van der Waals surface area contributed by atoms with Gasteiger partial charge in [-0.25, -0.2) is 8.42 Å². The first-order chi connectivity index (χ1) is 9.00. The normalized spacial score (nSPS) is 23.4. The van der Waals surface area contributed by atoms with Crippen LogP contribution in [0.25, 0.3) is 0 Å². The topological polar surface area (TPSA) is 89.5 Å². The van der Waals surface area contributed by atoms with Gasteiger partial charge < -0.3 is 0 Å². The van der Waals surface area contributed by atoms with Crippen LogP contribution in [0, 0.1) is 10.8 Å². The summed E-state index contributed by atoms with van der Waals surface area (Å²) in [5.41, 5.74) is -6.95. The van der Waals surface area contributed by atoms with Crippen molar-refractivity contribution in [1.82, 2.24) is 4.13 Å². The lowest BCUT2D eigenvalue weighted by Gasteiger charge is -2.34. The Morgan fingerprint density at radius 2 is 1.38 bits per heavy atom. The number of hydrogen-bond donors (Lipinski definition) is 1. The van der Waals surface area contributed by atoms with Gasteiger partial charge in [-0.05, 0) is 23.7 Å². The minimum absolute atomic E-state index is 0.572. The zero-order chi connectivity index (χ0) is 16.9. The van der Waals surface area contributed by atoms with Crippen LogP contribution in [0.5, 0.6) is 0 Å². The molecule has 11 heteroatoms. The second kappa shape index (κ2) is 5.07. The Labute approximate surface area is 122 Å². The van der Waals surface area contributed by atoms with Gasteiger partial charge in [-0.1, -0.05) is 31.8 Å². The van der Waals surface area contributed by atoms with E-state index in [0.717, 1.165) is 0 Å². The second-order valence-corrected chi connectivity index (χ2v) is 9.68. The van der Waals surface area contributed by atoms with E-state index in [4.69, 9.17) is 4.18 Å². The molecule has 1 aliphatic rings. The quantitative estimate of drug-likeness (QED) is 0.834. The molecule has 0 heterocycles. The number of alkyl halides is 3. The molecule has 0 aliphatic heterocycles. The van der Waals surface area contributed by atoms with Gasteiger partial charge in [-0.2, -0.15) is 21.6 Å². The van der Waals surface area contributed by atoms with Crippen molar-refractivity contribution in [2.24, 2.45) is 10.8 Å². The van der Waals surface area contributed by atoms with E-state index in [1.54, 1.807) is 27.7 Å². The Hall–Kier alpha value is -0.390. The van der Waals surface area contributed by atoms with Crippen molar-refractivity contribution in [1.29, 1.82) is 0 Å². The summed E-state index contributed by atoms with van der Waals surface area (Å²) in [5, 5.41) is 0. The van der Waals surface area contributed by atoms with Crippen LogP contribution in [0.2, 0.25) is 0 Å². The molecule has 21 heavy (non-hydrogen) atoms. The third-order valence-electron chi connectivity index (χ3n) is 3.57. The predicted molar refractivity (Wildman–Crippen MR) is 68.7 cm³/mol. The highest BCUT2D eigenvalue weighted by Crippen LogP contribution is 2.51. The first kappa shape index (κ1) is 18.7. The molecule has 126 valence electrons. The fourth-order valence-electron chi connectivity index (χ4n) is 2.55. The molecule has 0 amide bonds. The molecule has 1 rings (SSSR count). The molecule has 1 N–H and O–H groups in total. The van der Waals surface area contributed by atoms with Crippen molar-refractivity contribution in [3.8, 4) is 0 Å². The van der Waals surface area contributed by atoms with E-state index in [-0.39, 0.29) is 0 Å². The minimum atomic E-state index is -6.03. The SMILES string of the molecule is CC1(C)CCC(C)(C)C1OS(=O)(=O)NS(=O)(=O)C(F)(F)F. The third kappa shape index (κ3) is 4.08. The second-order valence-electron chi connectivity index (χ2n) is 6.44. The van der Waals surface area contributed by atoms with Crippen molar-refractivity contribution >= 4 is 20.3 Å². The van der Waals surface area contributed by atoms with Crippen molar-refractivity contribution < 1.29 is 34.2 Å². The van der Waals surface area contributed by atoms with Crippen LogP contribution in [0.3, 0.4) is 0 Å². The summed E-state index contributed by atoms with van der Waals surface area (Å²) in [6.07, 6.45) is 0.268. The lowest BCUT2D eigenvalue weighted by Crippen LogP contribution is -2.45. The zero-order valence-corrected chi connectivity index (χ0v) is 13.6. The van der Waals surface area contributed by atoms with Gasteiger partial charge in [0.05, 0.1) is 6.10 Å². The largest absolute Gasteiger partial charge is 0.512 e. The van der Waals surface area contributed by atoms with Crippen LogP contribution in [0.1, 0.15) is 40.5 Å². The summed E-state index contributed by atoms with van der Waals surface area (Å²) in [7, 11) is -11.1. The molecule has 1 aliphatic carbocycles. The predicted octanol–water partition coefficient (Wildman–Crippen LogP) is 1.90. The smallest absolute Gasteiger partial charge is 0.253 e.